The van der Waals surface area contributed by atoms with Crippen LogP contribution >= 0.6 is 0 Å². The number of rotatable bonds is 5. The van der Waals surface area contributed by atoms with Crippen molar-refractivity contribution < 1.29 is 14.3 Å². The van der Waals surface area contributed by atoms with Gasteiger partial charge in [-0.3, -0.25) is 9.36 Å². The van der Waals surface area contributed by atoms with Crippen molar-refractivity contribution in [2.45, 2.75) is 59.6 Å². The smallest absolute Gasteiger partial charge is 0.361 e. The van der Waals surface area contributed by atoms with E-state index in [9.17, 15) is 9.59 Å². The molecule has 0 saturated heterocycles. The quantitative estimate of drug-likeness (QED) is 0.749. The first kappa shape index (κ1) is 20.7. The summed E-state index contributed by atoms with van der Waals surface area (Å²) in [5.74, 6) is -0.0647. The molecule has 27 heavy (non-hydrogen) atoms. The Morgan fingerprint density at radius 3 is 2.52 bits per heavy atom. The Kier molecular flexibility index (Phi) is 6.77. The van der Waals surface area contributed by atoms with Crippen molar-refractivity contribution in [2.75, 3.05) is 6.61 Å². The highest BCUT2D eigenvalue weighted by atomic mass is 16.5. The molecule has 3 rings (SSSR count). The van der Waals surface area contributed by atoms with E-state index in [1.165, 1.54) is 0 Å². The minimum absolute atomic E-state index is 0.0380. The minimum atomic E-state index is -0.631. The van der Waals surface area contributed by atoms with E-state index >= 15 is 0 Å². The van der Waals surface area contributed by atoms with Crippen LogP contribution in [0.2, 0.25) is 0 Å². The molecule has 6 heteroatoms. The summed E-state index contributed by atoms with van der Waals surface area (Å²) in [5.41, 5.74) is 0.277. The predicted octanol–water partition coefficient (Wildman–Crippen LogP) is 3.71. The second kappa shape index (κ2) is 8.84. The summed E-state index contributed by atoms with van der Waals surface area (Å²) in [6, 6.07) is 9.47. The van der Waals surface area contributed by atoms with Crippen molar-refractivity contribution in [1.82, 2.24) is 9.55 Å². The van der Waals surface area contributed by atoms with E-state index in [1.807, 2.05) is 58.0 Å². The fraction of sp³-hybridized carbons (Fsp3) is 0.476. The maximum atomic E-state index is 12.9. The second-order valence-corrected chi connectivity index (χ2v) is 6.70. The third kappa shape index (κ3) is 4.38. The van der Waals surface area contributed by atoms with Gasteiger partial charge in [-0.2, -0.15) is 0 Å². The number of hydrogen-bond acceptors (Lipinski definition) is 5. The molecule has 1 aliphatic rings. The van der Waals surface area contributed by atoms with Crippen molar-refractivity contribution in [1.29, 1.82) is 0 Å². The Balaban J connectivity index is 0.00000126. The molecule has 0 atom stereocenters. The van der Waals surface area contributed by atoms with Gasteiger partial charge in [0, 0.05) is 12.0 Å². The molecule has 2 aromatic rings. The van der Waals surface area contributed by atoms with Crippen molar-refractivity contribution in [2.24, 2.45) is 0 Å². The fourth-order valence-corrected chi connectivity index (χ4v) is 2.96. The van der Waals surface area contributed by atoms with Crippen molar-refractivity contribution in [3.63, 3.8) is 0 Å². The number of carbonyl (C=O) groups is 1. The lowest BCUT2D eigenvalue weighted by Gasteiger charge is -2.18. The maximum Gasteiger partial charge on any atom is 0.361 e. The van der Waals surface area contributed by atoms with E-state index in [2.05, 4.69) is 4.98 Å². The first-order chi connectivity index (χ1) is 12.9. The summed E-state index contributed by atoms with van der Waals surface area (Å²) in [5, 5.41) is 0. The van der Waals surface area contributed by atoms with Gasteiger partial charge in [-0.15, -0.1) is 0 Å². The number of aromatic nitrogens is 2. The largest absolute Gasteiger partial charge is 0.481 e. The molecular weight excluding hydrogens is 344 g/mol. The molecule has 1 aromatic carbocycles. The SMILES string of the molecule is CC.CCOC(=O)c1nc2n(c(=O)c1OCc1ccccc1)CCC2(C)C. The number of carbonyl (C=O) groups excluding carboxylic acids is 1. The maximum absolute atomic E-state index is 12.9. The summed E-state index contributed by atoms with van der Waals surface area (Å²) in [7, 11) is 0. The number of fused-ring (bicyclic) bond motifs is 1. The summed E-state index contributed by atoms with van der Waals surface area (Å²) in [4.78, 5) is 29.7. The Hall–Kier alpha value is -2.63. The number of ether oxygens (including phenoxy) is 2. The molecule has 0 unspecified atom stereocenters. The van der Waals surface area contributed by atoms with Crippen molar-refractivity contribution >= 4 is 5.97 Å². The van der Waals surface area contributed by atoms with Gasteiger partial charge in [-0.25, -0.2) is 9.78 Å². The summed E-state index contributed by atoms with van der Waals surface area (Å²) in [6.45, 7) is 10.7. The van der Waals surface area contributed by atoms with Crippen LogP contribution in [0.1, 0.15) is 62.9 Å². The van der Waals surface area contributed by atoms with E-state index in [4.69, 9.17) is 9.47 Å². The first-order valence-electron chi connectivity index (χ1n) is 9.43. The van der Waals surface area contributed by atoms with Gasteiger partial charge in [-0.1, -0.05) is 58.0 Å². The number of hydrogen-bond donors (Lipinski definition) is 0. The van der Waals surface area contributed by atoms with Crippen LogP contribution in [0.3, 0.4) is 0 Å². The van der Waals surface area contributed by atoms with Gasteiger partial charge in [0.2, 0.25) is 5.75 Å². The molecule has 0 radical (unpaired) electrons. The summed E-state index contributed by atoms with van der Waals surface area (Å²) < 4.78 is 12.4. The normalized spacial score (nSPS) is 14.0. The third-order valence-electron chi connectivity index (χ3n) is 4.39. The molecular formula is C21H28N2O4. The fourth-order valence-electron chi connectivity index (χ4n) is 2.96. The topological polar surface area (TPSA) is 70.4 Å². The van der Waals surface area contributed by atoms with Crippen LogP contribution in [0.4, 0.5) is 0 Å². The highest BCUT2D eigenvalue weighted by molar-refractivity contribution is 5.90. The Morgan fingerprint density at radius 2 is 1.89 bits per heavy atom. The number of esters is 1. The number of benzene rings is 1. The first-order valence-corrected chi connectivity index (χ1v) is 9.43. The highest BCUT2D eigenvalue weighted by Gasteiger charge is 2.36. The van der Waals surface area contributed by atoms with Gasteiger partial charge in [0.05, 0.1) is 6.61 Å². The Morgan fingerprint density at radius 1 is 1.22 bits per heavy atom. The molecule has 0 spiro atoms. The molecule has 6 nitrogen and oxygen atoms in total. The van der Waals surface area contributed by atoms with Crippen LogP contribution in [0.5, 0.6) is 5.75 Å². The van der Waals surface area contributed by atoms with E-state index in [0.29, 0.717) is 12.4 Å². The standard InChI is InChI=1S/C19H22N2O4.C2H6/c1-4-24-17(23)14-15(25-12-13-8-6-5-7-9-13)16(22)21-11-10-19(2,3)18(21)20-14;1-2/h5-9H,4,10-12H2,1-3H3;1-2H3. The third-order valence-corrected chi connectivity index (χ3v) is 4.39. The molecule has 146 valence electrons. The van der Waals surface area contributed by atoms with Gasteiger partial charge in [0.1, 0.15) is 12.4 Å². The van der Waals surface area contributed by atoms with Gasteiger partial charge in [-0.05, 0) is 18.9 Å². The van der Waals surface area contributed by atoms with E-state index in [1.54, 1.807) is 11.5 Å². The Labute approximate surface area is 160 Å². The monoisotopic (exact) mass is 372 g/mol. The lowest BCUT2D eigenvalue weighted by molar-refractivity contribution is 0.0512. The van der Waals surface area contributed by atoms with E-state index < -0.39 is 5.97 Å². The average molecular weight is 372 g/mol. The molecule has 0 bridgehead atoms. The zero-order chi connectivity index (χ0) is 20.0. The van der Waals surface area contributed by atoms with Gasteiger partial charge < -0.3 is 9.47 Å². The van der Waals surface area contributed by atoms with Crippen LogP contribution in [-0.4, -0.2) is 22.1 Å². The van der Waals surface area contributed by atoms with Gasteiger partial charge in [0.25, 0.3) is 5.56 Å². The molecule has 0 N–H and O–H groups in total. The van der Waals surface area contributed by atoms with E-state index in [-0.39, 0.29) is 35.6 Å². The molecule has 0 fully saturated rings. The average Bonchev–Trinajstić information content (AvgIpc) is 2.98. The zero-order valence-corrected chi connectivity index (χ0v) is 16.7. The van der Waals surface area contributed by atoms with Crippen LogP contribution in [-0.2, 0) is 23.3 Å². The molecule has 1 aromatic heterocycles. The highest BCUT2D eigenvalue weighted by Crippen LogP contribution is 2.32. The second-order valence-electron chi connectivity index (χ2n) is 6.70. The summed E-state index contributed by atoms with van der Waals surface area (Å²) in [6.07, 6.45) is 0.791. The van der Waals surface area contributed by atoms with Gasteiger partial charge in [0.15, 0.2) is 5.69 Å². The van der Waals surface area contributed by atoms with Crippen molar-refractivity contribution in [3.8, 4) is 5.75 Å². The van der Waals surface area contributed by atoms with Gasteiger partial charge >= 0.3 is 5.97 Å². The summed E-state index contributed by atoms with van der Waals surface area (Å²) >= 11 is 0. The Bertz CT molecular complexity index is 841. The lowest BCUT2D eigenvalue weighted by Crippen LogP contribution is -2.29. The van der Waals surface area contributed by atoms with Crippen LogP contribution < -0.4 is 10.3 Å². The van der Waals surface area contributed by atoms with Crippen LogP contribution in [0.15, 0.2) is 35.1 Å². The van der Waals surface area contributed by atoms with Crippen LogP contribution in [0.25, 0.3) is 0 Å². The zero-order valence-electron chi connectivity index (χ0n) is 16.7. The lowest BCUT2D eigenvalue weighted by atomic mass is 9.91. The minimum Gasteiger partial charge on any atom is -0.481 e. The molecule has 0 aliphatic carbocycles. The number of nitrogens with zero attached hydrogens (tertiary/aromatic N) is 2. The van der Waals surface area contributed by atoms with E-state index in [0.717, 1.165) is 12.0 Å². The molecule has 2 heterocycles. The molecule has 0 saturated carbocycles. The predicted molar refractivity (Wildman–Crippen MR) is 104 cm³/mol. The molecule has 0 amide bonds. The molecule has 1 aliphatic heterocycles. The van der Waals surface area contributed by atoms with Crippen molar-refractivity contribution in [3.05, 3.63) is 57.8 Å². The van der Waals surface area contributed by atoms with Crippen LogP contribution in [0, 0.1) is 0 Å².